The number of Topliss-reactive ketones (excluding diaryl/α,β-unsaturated/α-hetero) is 1. The van der Waals surface area contributed by atoms with E-state index >= 15 is 0 Å². The summed E-state index contributed by atoms with van der Waals surface area (Å²) in [5, 5.41) is 12.3. The quantitative estimate of drug-likeness (QED) is 0.783. The fourth-order valence-electron chi connectivity index (χ4n) is 4.02. The van der Waals surface area contributed by atoms with E-state index in [1.807, 2.05) is 20.0 Å². The summed E-state index contributed by atoms with van der Waals surface area (Å²) in [7, 11) is 1.94. The van der Waals surface area contributed by atoms with E-state index in [2.05, 4.69) is 18.3 Å². The first kappa shape index (κ1) is 14.2. The summed E-state index contributed by atoms with van der Waals surface area (Å²) in [6.45, 7) is 4.95. The number of carbonyl (C=O) groups excluding carboxylic acids is 1. The van der Waals surface area contributed by atoms with Crippen molar-refractivity contribution in [2.24, 2.45) is 28.9 Å². The number of rotatable bonds is 2. The Balaban J connectivity index is 2.40. The Morgan fingerprint density at radius 3 is 2.84 bits per heavy atom. The summed E-state index contributed by atoms with van der Waals surface area (Å²) in [5.74, 6) is 0.568. The zero-order valence-electron chi connectivity index (χ0n) is 11.9. The topological polar surface area (TPSA) is 78.9 Å². The molecule has 5 atom stereocenters. The van der Waals surface area contributed by atoms with Crippen molar-refractivity contribution >= 4 is 5.78 Å². The van der Waals surface area contributed by atoms with Gasteiger partial charge >= 0.3 is 0 Å². The highest BCUT2D eigenvalue weighted by atomic mass is 16.1. The van der Waals surface area contributed by atoms with Crippen LogP contribution in [0.2, 0.25) is 0 Å². The molecule has 0 aromatic heterocycles. The molecule has 0 spiro atoms. The lowest BCUT2D eigenvalue weighted by atomic mass is 9.54. The number of ketones is 1. The van der Waals surface area contributed by atoms with E-state index in [0.717, 1.165) is 19.4 Å². The zero-order valence-corrected chi connectivity index (χ0v) is 11.9. The Labute approximate surface area is 115 Å². The minimum Gasteiger partial charge on any atom is -0.327 e. The highest BCUT2D eigenvalue weighted by molar-refractivity contribution is 6.01. The van der Waals surface area contributed by atoms with Crippen molar-refractivity contribution in [2.75, 3.05) is 13.6 Å². The van der Waals surface area contributed by atoms with Gasteiger partial charge in [0.1, 0.15) is 6.07 Å². The van der Waals surface area contributed by atoms with Crippen LogP contribution in [-0.2, 0) is 4.79 Å². The van der Waals surface area contributed by atoms with Gasteiger partial charge < -0.3 is 11.1 Å². The molecule has 0 radical (unpaired) electrons. The third-order valence-corrected chi connectivity index (χ3v) is 5.20. The van der Waals surface area contributed by atoms with Crippen LogP contribution in [0.5, 0.6) is 0 Å². The number of nitriles is 1. The van der Waals surface area contributed by atoms with E-state index in [4.69, 9.17) is 11.0 Å². The van der Waals surface area contributed by atoms with E-state index in [1.165, 1.54) is 0 Å². The van der Waals surface area contributed by atoms with Crippen LogP contribution in [0.1, 0.15) is 26.7 Å². The average Bonchev–Trinajstić information content (AvgIpc) is 2.39. The van der Waals surface area contributed by atoms with Gasteiger partial charge in [-0.15, -0.1) is 0 Å². The Bertz CT molecular complexity index is 451. The number of hydrogen-bond donors (Lipinski definition) is 2. The monoisotopic (exact) mass is 261 g/mol. The maximum absolute atomic E-state index is 12.1. The van der Waals surface area contributed by atoms with Crippen molar-refractivity contribution < 1.29 is 4.79 Å². The summed E-state index contributed by atoms with van der Waals surface area (Å²) < 4.78 is 0. The molecule has 0 heterocycles. The lowest BCUT2D eigenvalue weighted by Crippen LogP contribution is -2.57. The van der Waals surface area contributed by atoms with Gasteiger partial charge in [0.25, 0.3) is 0 Å². The van der Waals surface area contributed by atoms with Crippen molar-refractivity contribution in [3.8, 4) is 6.07 Å². The van der Waals surface area contributed by atoms with E-state index in [0.29, 0.717) is 11.5 Å². The van der Waals surface area contributed by atoms with Crippen molar-refractivity contribution in [2.45, 2.75) is 32.7 Å². The number of carbonyl (C=O) groups is 1. The number of allylic oxidation sites excluding steroid dienone is 1. The Morgan fingerprint density at radius 1 is 1.58 bits per heavy atom. The second-order valence-electron chi connectivity index (χ2n) is 6.22. The van der Waals surface area contributed by atoms with Crippen LogP contribution in [-0.4, -0.2) is 25.4 Å². The average molecular weight is 261 g/mol. The van der Waals surface area contributed by atoms with Gasteiger partial charge in [0, 0.05) is 17.4 Å². The molecular weight excluding hydrogens is 238 g/mol. The first-order valence-electron chi connectivity index (χ1n) is 7.03. The van der Waals surface area contributed by atoms with Gasteiger partial charge in [0.05, 0.1) is 5.57 Å². The second kappa shape index (κ2) is 5.07. The summed E-state index contributed by atoms with van der Waals surface area (Å²) in [4.78, 5) is 12.1. The van der Waals surface area contributed by atoms with Crippen LogP contribution in [0.4, 0.5) is 0 Å². The maximum atomic E-state index is 12.1. The minimum atomic E-state index is -0.238. The van der Waals surface area contributed by atoms with E-state index in [9.17, 15) is 4.79 Å². The van der Waals surface area contributed by atoms with E-state index in [-0.39, 0.29) is 29.1 Å². The molecule has 2 aliphatic carbocycles. The Hall–Kier alpha value is -1.18. The maximum Gasteiger partial charge on any atom is 0.176 e. The highest BCUT2D eigenvalue weighted by Gasteiger charge is 2.51. The van der Waals surface area contributed by atoms with Crippen LogP contribution >= 0.6 is 0 Å². The molecule has 0 amide bonds. The van der Waals surface area contributed by atoms with Gasteiger partial charge in [0.2, 0.25) is 0 Å². The Kier molecular flexibility index (Phi) is 3.80. The number of nitrogens with one attached hydrogen (secondary N) is 1. The molecule has 1 fully saturated rings. The Morgan fingerprint density at radius 2 is 2.26 bits per heavy atom. The first-order valence-corrected chi connectivity index (χ1v) is 7.03. The van der Waals surface area contributed by atoms with Gasteiger partial charge in [-0.2, -0.15) is 5.26 Å². The predicted octanol–water partition coefficient (Wildman–Crippen LogP) is 1.23. The molecule has 2 aliphatic rings. The molecule has 2 unspecified atom stereocenters. The molecular formula is C15H23N3O. The molecule has 0 bridgehead atoms. The summed E-state index contributed by atoms with van der Waals surface area (Å²) in [6.07, 6.45) is 3.92. The molecule has 19 heavy (non-hydrogen) atoms. The fourth-order valence-corrected chi connectivity index (χ4v) is 4.02. The van der Waals surface area contributed by atoms with Gasteiger partial charge in [-0.1, -0.05) is 19.9 Å². The highest BCUT2D eigenvalue weighted by Crippen LogP contribution is 2.50. The molecule has 104 valence electrons. The van der Waals surface area contributed by atoms with Crippen LogP contribution in [0.3, 0.4) is 0 Å². The van der Waals surface area contributed by atoms with Crippen molar-refractivity contribution in [3.63, 3.8) is 0 Å². The lowest BCUT2D eigenvalue weighted by Gasteiger charge is -2.52. The first-order chi connectivity index (χ1) is 8.95. The number of nitrogens with two attached hydrogens (primary N) is 1. The largest absolute Gasteiger partial charge is 0.327 e. The van der Waals surface area contributed by atoms with Crippen LogP contribution in [0.25, 0.3) is 0 Å². The van der Waals surface area contributed by atoms with Crippen LogP contribution < -0.4 is 11.1 Å². The van der Waals surface area contributed by atoms with Gasteiger partial charge in [-0.3, -0.25) is 4.79 Å². The fraction of sp³-hybridized carbons (Fsp3) is 0.733. The molecule has 0 aromatic rings. The summed E-state index contributed by atoms with van der Waals surface area (Å²) in [6, 6.07) is 2.05. The molecule has 4 heteroatoms. The summed E-state index contributed by atoms with van der Waals surface area (Å²) in [5.41, 5.74) is 6.53. The summed E-state index contributed by atoms with van der Waals surface area (Å²) >= 11 is 0. The zero-order chi connectivity index (χ0) is 14.2. The smallest absolute Gasteiger partial charge is 0.176 e. The number of nitrogens with zero attached hydrogens (tertiary/aromatic N) is 1. The number of fused-ring (bicyclic) bond motifs is 1. The third kappa shape index (κ3) is 2.11. The van der Waals surface area contributed by atoms with E-state index < -0.39 is 0 Å². The van der Waals surface area contributed by atoms with Crippen LogP contribution in [0, 0.1) is 34.5 Å². The molecule has 3 N–H and O–H groups in total. The molecule has 0 saturated heterocycles. The second-order valence-corrected chi connectivity index (χ2v) is 6.22. The molecule has 0 aliphatic heterocycles. The SMILES string of the molecule is CNCC1CC[C@@H]2[C@@H](C)C(=O)C(C#N)=C[C@@]2(C)C1N. The minimum absolute atomic E-state index is 0.00222. The molecule has 2 rings (SSSR count). The molecule has 1 saturated carbocycles. The lowest BCUT2D eigenvalue weighted by molar-refractivity contribution is -0.124. The van der Waals surface area contributed by atoms with E-state index in [1.54, 1.807) is 0 Å². The molecule has 4 nitrogen and oxygen atoms in total. The van der Waals surface area contributed by atoms with Gasteiger partial charge in [-0.25, -0.2) is 0 Å². The van der Waals surface area contributed by atoms with Crippen molar-refractivity contribution in [3.05, 3.63) is 11.6 Å². The van der Waals surface area contributed by atoms with Gasteiger partial charge in [-0.05, 0) is 38.3 Å². The normalized spacial score (nSPS) is 42.3. The number of hydrogen-bond acceptors (Lipinski definition) is 4. The molecule has 0 aromatic carbocycles. The van der Waals surface area contributed by atoms with Crippen LogP contribution in [0.15, 0.2) is 11.6 Å². The predicted molar refractivity (Wildman–Crippen MR) is 74.1 cm³/mol. The third-order valence-electron chi connectivity index (χ3n) is 5.20. The van der Waals surface area contributed by atoms with Gasteiger partial charge in [0.15, 0.2) is 5.78 Å². The van der Waals surface area contributed by atoms with Crippen molar-refractivity contribution in [1.82, 2.24) is 5.32 Å². The standard InChI is InChI=1S/C15H23N3O/c1-9-12-5-4-10(8-18-3)14(17)15(12,2)6-11(7-16)13(9)19/h6,9-10,12,14,18H,4-5,8,17H2,1-3H3/t9-,10?,12-,14?,15-/m1/s1. The van der Waals surface area contributed by atoms with Crippen molar-refractivity contribution in [1.29, 1.82) is 5.26 Å².